The topological polar surface area (TPSA) is 84.9 Å². The SMILES string of the molecule is COc1cc(NC(=O)CN(c2cccc(Cl)c2)S(=O)(=O)c2ccc(C)cc2)c(OC)cc1Cl. The first-order valence-corrected chi connectivity index (χ1v) is 11.9. The third-order valence-electron chi connectivity index (χ3n) is 4.74. The van der Waals surface area contributed by atoms with Gasteiger partial charge in [-0.15, -0.1) is 0 Å². The van der Waals surface area contributed by atoms with Crippen LogP contribution in [0.1, 0.15) is 5.56 Å². The Morgan fingerprint density at radius 2 is 1.64 bits per heavy atom. The van der Waals surface area contributed by atoms with E-state index in [0.717, 1.165) is 9.87 Å². The smallest absolute Gasteiger partial charge is 0.264 e. The van der Waals surface area contributed by atoms with Crippen LogP contribution in [0.5, 0.6) is 11.5 Å². The van der Waals surface area contributed by atoms with E-state index in [1.807, 2.05) is 6.92 Å². The first-order chi connectivity index (χ1) is 15.6. The van der Waals surface area contributed by atoms with E-state index in [0.29, 0.717) is 21.5 Å². The van der Waals surface area contributed by atoms with Gasteiger partial charge in [-0.25, -0.2) is 8.42 Å². The van der Waals surface area contributed by atoms with Crippen LogP contribution in [0.2, 0.25) is 10.0 Å². The highest BCUT2D eigenvalue weighted by Gasteiger charge is 2.28. The van der Waals surface area contributed by atoms with Crippen molar-refractivity contribution >= 4 is 50.5 Å². The maximum Gasteiger partial charge on any atom is 0.264 e. The Kier molecular flexibility index (Phi) is 7.73. The van der Waals surface area contributed by atoms with E-state index in [-0.39, 0.29) is 16.3 Å². The molecule has 10 heteroatoms. The van der Waals surface area contributed by atoms with Gasteiger partial charge in [0, 0.05) is 17.2 Å². The number of hydrogen-bond acceptors (Lipinski definition) is 5. The second-order valence-electron chi connectivity index (χ2n) is 7.04. The molecule has 0 aromatic heterocycles. The fourth-order valence-corrected chi connectivity index (χ4v) is 4.89. The van der Waals surface area contributed by atoms with Crippen LogP contribution in [-0.2, 0) is 14.8 Å². The van der Waals surface area contributed by atoms with Crippen molar-refractivity contribution in [1.82, 2.24) is 0 Å². The first kappa shape index (κ1) is 24.7. The zero-order valence-corrected chi connectivity index (χ0v) is 20.5. The second kappa shape index (κ2) is 10.3. The number of carbonyl (C=O) groups is 1. The predicted octanol–water partition coefficient (Wildman–Crippen LogP) is 5.15. The molecule has 3 rings (SSSR count). The summed E-state index contributed by atoms with van der Waals surface area (Å²) in [6.45, 7) is 1.34. The molecule has 3 aromatic rings. The Morgan fingerprint density at radius 3 is 2.24 bits per heavy atom. The van der Waals surface area contributed by atoms with Crippen LogP contribution in [0, 0.1) is 6.92 Å². The number of sulfonamides is 1. The van der Waals surface area contributed by atoms with Crippen LogP contribution < -0.4 is 19.1 Å². The number of benzene rings is 3. The monoisotopic (exact) mass is 508 g/mol. The van der Waals surface area contributed by atoms with Crippen molar-refractivity contribution < 1.29 is 22.7 Å². The third-order valence-corrected chi connectivity index (χ3v) is 7.06. The Balaban J connectivity index is 1.98. The minimum absolute atomic E-state index is 0.0478. The van der Waals surface area contributed by atoms with E-state index in [4.69, 9.17) is 32.7 Å². The molecule has 0 fully saturated rings. The van der Waals surface area contributed by atoms with E-state index in [1.54, 1.807) is 30.3 Å². The van der Waals surface area contributed by atoms with Crippen LogP contribution in [0.15, 0.2) is 65.6 Å². The first-order valence-electron chi connectivity index (χ1n) is 9.72. The number of nitrogens with one attached hydrogen (secondary N) is 1. The molecule has 0 bridgehead atoms. The summed E-state index contributed by atoms with van der Waals surface area (Å²) >= 11 is 12.2. The Bertz CT molecular complexity index is 1260. The number of ether oxygens (including phenoxy) is 2. The fourth-order valence-electron chi connectivity index (χ4n) is 3.06. The maximum atomic E-state index is 13.5. The molecule has 0 aliphatic rings. The average molecular weight is 509 g/mol. The standard InChI is InChI=1S/C23H22Cl2N2O5S/c1-15-7-9-18(10-8-15)33(29,30)27(17-6-4-5-16(24)11-17)14-23(28)26-20-13-21(31-2)19(25)12-22(20)32-3/h4-13H,14H2,1-3H3,(H,26,28). The van der Waals surface area contributed by atoms with Gasteiger partial charge in [0.25, 0.3) is 10.0 Å². The van der Waals surface area contributed by atoms with Crippen molar-refractivity contribution in [1.29, 1.82) is 0 Å². The summed E-state index contributed by atoms with van der Waals surface area (Å²) in [6.07, 6.45) is 0. The van der Waals surface area contributed by atoms with Crippen LogP contribution in [0.4, 0.5) is 11.4 Å². The van der Waals surface area contributed by atoms with Gasteiger partial charge in [0.2, 0.25) is 5.91 Å². The quantitative estimate of drug-likeness (QED) is 0.454. The summed E-state index contributed by atoms with van der Waals surface area (Å²) in [6, 6.07) is 15.6. The van der Waals surface area contributed by atoms with Crippen molar-refractivity contribution in [2.75, 3.05) is 30.4 Å². The van der Waals surface area contributed by atoms with Gasteiger partial charge in [-0.3, -0.25) is 9.10 Å². The molecule has 0 radical (unpaired) electrons. The molecule has 0 unspecified atom stereocenters. The molecule has 0 saturated heterocycles. The number of rotatable bonds is 8. The van der Waals surface area contributed by atoms with Crippen LogP contribution in [0.3, 0.4) is 0 Å². The summed E-state index contributed by atoms with van der Waals surface area (Å²) in [5, 5.41) is 3.30. The summed E-state index contributed by atoms with van der Waals surface area (Å²) in [4.78, 5) is 13.0. The molecule has 0 atom stereocenters. The van der Waals surface area contributed by atoms with Gasteiger partial charge >= 0.3 is 0 Å². The Labute approximate surface area is 202 Å². The molecule has 174 valence electrons. The zero-order valence-electron chi connectivity index (χ0n) is 18.1. The van der Waals surface area contributed by atoms with Gasteiger partial charge in [-0.05, 0) is 37.3 Å². The Hall–Kier alpha value is -2.94. The molecule has 0 aliphatic carbocycles. The van der Waals surface area contributed by atoms with Gasteiger partial charge in [0.05, 0.1) is 35.5 Å². The van der Waals surface area contributed by atoms with Gasteiger partial charge < -0.3 is 14.8 Å². The maximum absolute atomic E-state index is 13.5. The lowest BCUT2D eigenvalue weighted by Gasteiger charge is -2.24. The lowest BCUT2D eigenvalue weighted by atomic mass is 10.2. The lowest BCUT2D eigenvalue weighted by molar-refractivity contribution is -0.114. The molecule has 0 saturated carbocycles. The van der Waals surface area contributed by atoms with Gasteiger partial charge in [-0.2, -0.15) is 0 Å². The highest BCUT2D eigenvalue weighted by atomic mass is 35.5. The number of aryl methyl sites for hydroxylation is 1. The number of anilines is 2. The van der Waals surface area contributed by atoms with E-state index in [2.05, 4.69) is 5.32 Å². The number of amides is 1. The van der Waals surface area contributed by atoms with Crippen molar-refractivity contribution in [3.05, 3.63) is 76.3 Å². The molecule has 0 heterocycles. The number of methoxy groups -OCH3 is 2. The molecule has 1 amide bonds. The number of nitrogens with zero attached hydrogens (tertiary/aromatic N) is 1. The third kappa shape index (κ3) is 5.71. The fraction of sp³-hybridized carbons (Fsp3) is 0.174. The van der Waals surface area contributed by atoms with E-state index < -0.39 is 22.5 Å². The molecule has 0 spiro atoms. The van der Waals surface area contributed by atoms with E-state index in [9.17, 15) is 13.2 Å². The van der Waals surface area contributed by atoms with Crippen LogP contribution >= 0.6 is 23.2 Å². The van der Waals surface area contributed by atoms with E-state index >= 15 is 0 Å². The molecule has 3 aromatic carbocycles. The largest absolute Gasteiger partial charge is 0.495 e. The second-order valence-corrected chi connectivity index (χ2v) is 9.75. The highest BCUT2D eigenvalue weighted by molar-refractivity contribution is 7.92. The van der Waals surface area contributed by atoms with Crippen molar-refractivity contribution in [2.24, 2.45) is 0 Å². The minimum Gasteiger partial charge on any atom is -0.495 e. The molecular weight excluding hydrogens is 487 g/mol. The zero-order chi connectivity index (χ0) is 24.2. The Morgan fingerprint density at radius 1 is 0.970 bits per heavy atom. The summed E-state index contributed by atoms with van der Waals surface area (Å²) in [7, 11) is -1.21. The van der Waals surface area contributed by atoms with Gasteiger partial charge in [0.15, 0.2) is 0 Å². The van der Waals surface area contributed by atoms with Crippen LogP contribution in [0.25, 0.3) is 0 Å². The van der Waals surface area contributed by atoms with Crippen LogP contribution in [-0.4, -0.2) is 35.1 Å². The molecule has 33 heavy (non-hydrogen) atoms. The number of hydrogen-bond donors (Lipinski definition) is 1. The molecular formula is C23H22Cl2N2O5S. The average Bonchev–Trinajstić information content (AvgIpc) is 2.78. The summed E-state index contributed by atoms with van der Waals surface area (Å²) < 4.78 is 38.4. The van der Waals surface area contributed by atoms with E-state index in [1.165, 1.54) is 44.6 Å². The normalized spacial score (nSPS) is 11.1. The van der Waals surface area contributed by atoms with Crippen molar-refractivity contribution in [3.63, 3.8) is 0 Å². The van der Waals surface area contributed by atoms with Crippen molar-refractivity contribution in [3.8, 4) is 11.5 Å². The summed E-state index contributed by atoms with van der Waals surface area (Å²) in [5.74, 6) is 0.0184. The van der Waals surface area contributed by atoms with Gasteiger partial charge in [-0.1, -0.05) is 47.0 Å². The predicted molar refractivity (Wildman–Crippen MR) is 130 cm³/mol. The molecule has 7 nitrogen and oxygen atoms in total. The van der Waals surface area contributed by atoms with Gasteiger partial charge in [0.1, 0.15) is 18.0 Å². The lowest BCUT2D eigenvalue weighted by Crippen LogP contribution is -2.38. The summed E-state index contributed by atoms with van der Waals surface area (Å²) in [5.41, 5.74) is 1.44. The molecule has 1 N–H and O–H groups in total. The van der Waals surface area contributed by atoms with Crippen molar-refractivity contribution in [2.45, 2.75) is 11.8 Å². The molecule has 0 aliphatic heterocycles. The minimum atomic E-state index is -4.07. The number of halogens is 2. The highest BCUT2D eigenvalue weighted by Crippen LogP contribution is 2.36. The number of carbonyl (C=O) groups excluding carboxylic acids is 1.